The number of para-hydroxylation sites is 1. The molecule has 0 atom stereocenters. The second-order valence-electron chi connectivity index (χ2n) is 3.67. The molecule has 0 fully saturated rings. The van der Waals surface area contributed by atoms with Crippen LogP contribution >= 0.6 is 0 Å². The Bertz CT molecular complexity index is 376. The third-order valence-electron chi connectivity index (χ3n) is 2.84. The largest absolute Gasteiger partial charge is 0.324 e. The Morgan fingerprint density at radius 1 is 1.20 bits per heavy atom. The van der Waals surface area contributed by atoms with Crippen molar-refractivity contribution in [2.75, 3.05) is 18.0 Å². The molecule has 3 nitrogen and oxygen atoms in total. The first-order valence-corrected chi connectivity index (χ1v) is 5.42. The smallest absolute Gasteiger partial charge is 0.320 e. The molecule has 0 N–H and O–H groups in total. The molecule has 1 aliphatic rings. The van der Waals surface area contributed by atoms with Gasteiger partial charge >= 0.3 is 6.03 Å². The minimum atomic E-state index is 0.124. The van der Waals surface area contributed by atoms with Gasteiger partial charge in [0.1, 0.15) is 0 Å². The average Bonchev–Trinajstić information content (AvgIpc) is 2.28. The summed E-state index contributed by atoms with van der Waals surface area (Å²) in [5.74, 6) is 0. The fourth-order valence-corrected chi connectivity index (χ4v) is 2.01. The molecule has 3 heteroatoms. The van der Waals surface area contributed by atoms with Crippen molar-refractivity contribution < 1.29 is 4.79 Å². The molecule has 2 rings (SSSR count). The first kappa shape index (κ1) is 10.0. The van der Waals surface area contributed by atoms with Gasteiger partial charge in [0.25, 0.3) is 0 Å². The Hall–Kier alpha value is -1.51. The summed E-state index contributed by atoms with van der Waals surface area (Å²) >= 11 is 0. The van der Waals surface area contributed by atoms with Crippen LogP contribution in [0.25, 0.3) is 0 Å². The fourth-order valence-electron chi connectivity index (χ4n) is 2.01. The Kier molecular flexibility index (Phi) is 2.62. The predicted molar refractivity (Wildman–Crippen MR) is 60.9 cm³/mol. The molecule has 0 spiro atoms. The number of hydrogen-bond donors (Lipinski definition) is 0. The lowest BCUT2D eigenvalue weighted by Gasteiger charge is -2.36. The maximum atomic E-state index is 12.0. The van der Waals surface area contributed by atoms with Crippen LogP contribution in [0.1, 0.15) is 19.4 Å². The van der Waals surface area contributed by atoms with E-state index < -0.39 is 0 Å². The summed E-state index contributed by atoms with van der Waals surface area (Å²) in [7, 11) is 0. The molecule has 1 aromatic carbocycles. The normalized spacial score (nSPS) is 15.5. The molecular weight excluding hydrogens is 188 g/mol. The quantitative estimate of drug-likeness (QED) is 0.726. The molecule has 0 unspecified atom stereocenters. The van der Waals surface area contributed by atoms with Crippen molar-refractivity contribution in [3.05, 3.63) is 29.8 Å². The van der Waals surface area contributed by atoms with E-state index in [0.717, 1.165) is 25.3 Å². The zero-order valence-corrected chi connectivity index (χ0v) is 9.23. The molecule has 0 bridgehead atoms. The molecule has 1 heterocycles. The number of nitrogens with zero attached hydrogens (tertiary/aromatic N) is 2. The van der Waals surface area contributed by atoms with Crippen LogP contribution in [-0.4, -0.2) is 24.0 Å². The van der Waals surface area contributed by atoms with Crippen LogP contribution in [0.3, 0.4) is 0 Å². The number of amides is 2. The van der Waals surface area contributed by atoms with Gasteiger partial charge in [-0.3, -0.25) is 4.90 Å². The second kappa shape index (κ2) is 3.93. The summed E-state index contributed by atoms with van der Waals surface area (Å²) in [6, 6.07) is 8.24. The summed E-state index contributed by atoms with van der Waals surface area (Å²) in [6.07, 6.45) is 0. The molecule has 0 radical (unpaired) electrons. The lowest BCUT2D eigenvalue weighted by atomic mass is 10.1. The first-order chi connectivity index (χ1) is 7.27. The fraction of sp³-hybridized carbons (Fsp3) is 0.417. The van der Waals surface area contributed by atoms with Crippen LogP contribution < -0.4 is 4.90 Å². The van der Waals surface area contributed by atoms with Gasteiger partial charge < -0.3 is 4.90 Å². The van der Waals surface area contributed by atoms with E-state index in [1.54, 1.807) is 0 Å². The van der Waals surface area contributed by atoms with Crippen LogP contribution in [0.2, 0.25) is 0 Å². The van der Waals surface area contributed by atoms with Crippen molar-refractivity contribution in [2.24, 2.45) is 0 Å². The van der Waals surface area contributed by atoms with Crippen molar-refractivity contribution in [3.63, 3.8) is 0 Å². The maximum absolute atomic E-state index is 12.0. The third-order valence-corrected chi connectivity index (χ3v) is 2.84. The van der Waals surface area contributed by atoms with Gasteiger partial charge in [0.05, 0.1) is 5.69 Å². The molecular formula is C12H16N2O. The van der Waals surface area contributed by atoms with Crippen LogP contribution in [0, 0.1) is 0 Å². The Morgan fingerprint density at radius 3 is 2.60 bits per heavy atom. The highest BCUT2D eigenvalue weighted by Crippen LogP contribution is 2.27. The number of fused-ring (bicyclic) bond motifs is 1. The summed E-state index contributed by atoms with van der Waals surface area (Å²) in [5, 5.41) is 0. The molecule has 0 saturated heterocycles. The number of urea groups is 1. The van der Waals surface area contributed by atoms with E-state index in [2.05, 4.69) is 6.07 Å². The number of rotatable bonds is 2. The van der Waals surface area contributed by atoms with Crippen molar-refractivity contribution in [2.45, 2.75) is 20.4 Å². The van der Waals surface area contributed by atoms with Gasteiger partial charge in [-0.05, 0) is 25.5 Å². The van der Waals surface area contributed by atoms with Crippen molar-refractivity contribution >= 4 is 11.7 Å². The van der Waals surface area contributed by atoms with Crippen molar-refractivity contribution in [1.82, 2.24) is 4.90 Å². The number of carbonyl (C=O) groups is 1. The highest BCUT2D eigenvalue weighted by molar-refractivity contribution is 5.94. The van der Waals surface area contributed by atoms with Gasteiger partial charge in [-0.15, -0.1) is 0 Å². The van der Waals surface area contributed by atoms with Crippen molar-refractivity contribution in [1.29, 1.82) is 0 Å². The first-order valence-electron chi connectivity index (χ1n) is 5.42. The third kappa shape index (κ3) is 1.58. The van der Waals surface area contributed by atoms with E-state index in [0.29, 0.717) is 0 Å². The van der Waals surface area contributed by atoms with E-state index in [1.807, 2.05) is 41.8 Å². The molecule has 0 aliphatic carbocycles. The predicted octanol–water partition coefficient (Wildman–Crippen LogP) is 2.47. The minimum Gasteiger partial charge on any atom is -0.320 e. The molecule has 1 aromatic rings. The summed E-state index contributed by atoms with van der Waals surface area (Å²) < 4.78 is 0. The molecule has 2 amide bonds. The van der Waals surface area contributed by atoms with E-state index in [4.69, 9.17) is 0 Å². The van der Waals surface area contributed by atoms with E-state index in [1.165, 1.54) is 5.56 Å². The van der Waals surface area contributed by atoms with Gasteiger partial charge in [-0.1, -0.05) is 18.2 Å². The topological polar surface area (TPSA) is 23.6 Å². The van der Waals surface area contributed by atoms with Gasteiger partial charge in [0, 0.05) is 19.6 Å². The average molecular weight is 204 g/mol. The van der Waals surface area contributed by atoms with Crippen molar-refractivity contribution in [3.8, 4) is 0 Å². The van der Waals surface area contributed by atoms with Crippen LogP contribution in [0.4, 0.5) is 10.5 Å². The van der Waals surface area contributed by atoms with Gasteiger partial charge in [-0.25, -0.2) is 4.79 Å². The Balaban J connectivity index is 2.43. The lowest BCUT2D eigenvalue weighted by Crippen LogP contribution is -2.46. The Labute approximate surface area is 90.3 Å². The second-order valence-corrected chi connectivity index (χ2v) is 3.67. The van der Waals surface area contributed by atoms with E-state index in [9.17, 15) is 4.79 Å². The lowest BCUT2D eigenvalue weighted by molar-refractivity contribution is 0.202. The zero-order chi connectivity index (χ0) is 10.8. The van der Waals surface area contributed by atoms with Gasteiger partial charge in [0.2, 0.25) is 0 Å². The number of benzene rings is 1. The summed E-state index contributed by atoms with van der Waals surface area (Å²) in [5.41, 5.74) is 2.30. The molecule has 1 aliphatic heterocycles. The van der Waals surface area contributed by atoms with Crippen LogP contribution in [0.15, 0.2) is 24.3 Å². The highest BCUT2D eigenvalue weighted by Gasteiger charge is 2.27. The van der Waals surface area contributed by atoms with Crippen LogP contribution in [-0.2, 0) is 6.54 Å². The van der Waals surface area contributed by atoms with E-state index >= 15 is 0 Å². The van der Waals surface area contributed by atoms with Gasteiger partial charge in [-0.2, -0.15) is 0 Å². The molecule has 80 valence electrons. The highest BCUT2D eigenvalue weighted by atomic mass is 16.2. The summed E-state index contributed by atoms with van der Waals surface area (Å²) in [6.45, 7) is 6.26. The SMILES string of the molecule is CCN1Cc2ccccc2N(CC)C1=O. The maximum Gasteiger partial charge on any atom is 0.324 e. The number of hydrogen-bond acceptors (Lipinski definition) is 1. The summed E-state index contributed by atoms with van der Waals surface area (Å²) in [4.78, 5) is 15.7. The number of anilines is 1. The number of carbonyl (C=O) groups excluding carboxylic acids is 1. The van der Waals surface area contributed by atoms with Gasteiger partial charge in [0.15, 0.2) is 0 Å². The molecule has 0 aromatic heterocycles. The molecule has 0 saturated carbocycles. The van der Waals surface area contributed by atoms with E-state index in [-0.39, 0.29) is 6.03 Å². The minimum absolute atomic E-state index is 0.124. The molecule has 15 heavy (non-hydrogen) atoms. The Morgan fingerprint density at radius 2 is 1.93 bits per heavy atom. The monoisotopic (exact) mass is 204 g/mol. The standard InChI is InChI=1S/C12H16N2O/c1-3-13-9-10-7-5-6-8-11(10)14(4-2)12(13)15/h5-8H,3-4,9H2,1-2H3. The zero-order valence-electron chi connectivity index (χ0n) is 9.23. The van der Waals surface area contributed by atoms with Crippen LogP contribution in [0.5, 0.6) is 0 Å².